The summed E-state index contributed by atoms with van der Waals surface area (Å²) in [4.78, 5) is 2.41. The number of allylic oxidation sites excluding steroid dienone is 2. The van der Waals surface area contributed by atoms with Crippen molar-refractivity contribution in [3.8, 4) is 0 Å². The van der Waals surface area contributed by atoms with Crippen molar-refractivity contribution in [3.63, 3.8) is 0 Å². The fraction of sp³-hybridized carbons (Fsp3) is 0.0833. The molecular formula is C12H9BrS. The molecule has 0 unspecified atom stereocenters. The van der Waals surface area contributed by atoms with Crippen LogP contribution in [-0.4, -0.2) is 0 Å². The monoisotopic (exact) mass is 264 g/mol. The van der Waals surface area contributed by atoms with Crippen molar-refractivity contribution in [3.05, 3.63) is 57.1 Å². The maximum Gasteiger partial charge on any atom is 0.0606 e. The molecule has 0 fully saturated rings. The molecule has 14 heavy (non-hydrogen) atoms. The van der Waals surface area contributed by atoms with Crippen LogP contribution in [0.3, 0.4) is 0 Å². The Balaban J connectivity index is 2.17. The second-order valence-electron chi connectivity index (χ2n) is 3.09. The van der Waals surface area contributed by atoms with Crippen LogP contribution in [0.4, 0.5) is 0 Å². The highest BCUT2D eigenvalue weighted by atomic mass is 79.9. The fourth-order valence-electron chi connectivity index (χ4n) is 1.14. The van der Waals surface area contributed by atoms with Crippen molar-refractivity contribution in [2.45, 2.75) is 11.8 Å². The van der Waals surface area contributed by atoms with Crippen LogP contribution in [0.2, 0.25) is 0 Å². The molecule has 0 radical (unpaired) electrons. The van der Waals surface area contributed by atoms with Crippen LogP contribution >= 0.6 is 27.7 Å². The van der Waals surface area contributed by atoms with E-state index in [0.29, 0.717) is 0 Å². The molecule has 70 valence electrons. The summed E-state index contributed by atoms with van der Waals surface area (Å²) in [6.07, 6.45) is 4.07. The molecule has 1 aromatic carbocycles. The molecule has 0 aliphatic heterocycles. The molecule has 1 aliphatic carbocycles. The summed E-state index contributed by atoms with van der Waals surface area (Å²) in [5.74, 6) is 0. The van der Waals surface area contributed by atoms with Gasteiger partial charge in [-0.1, -0.05) is 35.2 Å². The molecule has 0 nitrogen and oxygen atoms in total. The quantitative estimate of drug-likeness (QED) is 0.713. The van der Waals surface area contributed by atoms with Gasteiger partial charge in [-0.2, -0.15) is 0 Å². The molecule has 0 atom stereocenters. The standard InChI is InChI=1S/C12H9BrS/c1-9-2-5-11(6-3-9)14-12-7-4-10(13)8-12/h2-7H,1H3. The van der Waals surface area contributed by atoms with Gasteiger partial charge in [-0.25, -0.2) is 0 Å². The number of aryl methyl sites for hydroxylation is 1. The summed E-state index contributed by atoms with van der Waals surface area (Å²) >= 11 is 5.12. The average Bonchev–Trinajstić information content (AvgIpc) is 2.56. The maximum absolute atomic E-state index is 3.39. The number of hydrogen-bond donors (Lipinski definition) is 0. The Bertz CT molecular complexity index is 434. The van der Waals surface area contributed by atoms with Crippen LogP contribution in [0, 0.1) is 6.92 Å². The third-order valence-electron chi connectivity index (χ3n) is 1.87. The first-order valence-corrected chi connectivity index (χ1v) is 5.94. The lowest BCUT2D eigenvalue weighted by molar-refractivity contribution is 1.38. The van der Waals surface area contributed by atoms with E-state index in [1.807, 2.05) is 6.08 Å². The van der Waals surface area contributed by atoms with Gasteiger partial charge < -0.3 is 0 Å². The van der Waals surface area contributed by atoms with Gasteiger partial charge in [0.25, 0.3) is 0 Å². The van der Waals surface area contributed by atoms with Crippen LogP contribution < -0.4 is 0 Å². The largest absolute Gasteiger partial charge is 0.0900 e. The lowest BCUT2D eigenvalue weighted by atomic mass is 10.2. The SMILES string of the molecule is Cc1ccc(SC2=C=C(Br)C=C2)cc1. The van der Waals surface area contributed by atoms with Gasteiger partial charge >= 0.3 is 0 Å². The summed E-state index contributed by atoms with van der Waals surface area (Å²) in [7, 11) is 0. The minimum absolute atomic E-state index is 1.02. The molecule has 1 aromatic rings. The third-order valence-corrected chi connectivity index (χ3v) is 3.30. The van der Waals surface area contributed by atoms with E-state index in [-0.39, 0.29) is 0 Å². The molecule has 0 saturated heterocycles. The highest BCUT2D eigenvalue weighted by molar-refractivity contribution is 9.11. The molecule has 2 heteroatoms. The van der Waals surface area contributed by atoms with Crippen LogP contribution in [0.15, 0.2) is 56.4 Å². The summed E-state index contributed by atoms with van der Waals surface area (Å²) in [6, 6.07) is 8.52. The molecule has 0 aromatic heterocycles. The second-order valence-corrected chi connectivity index (χ2v) is 5.06. The van der Waals surface area contributed by atoms with Gasteiger partial charge in [-0.05, 0) is 47.1 Å². The predicted molar refractivity (Wildman–Crippen MR) is 65.6 cm³/mol. The van der Waals surface area contributed by atoms with E-state index in [1.165, 1.54) is 10.5 Å². The zero-order chi connectivity index (χ0) is 9.97. The molecule has 0 N–H and O–H groups in total. The number of halogens is 1. The predicted octanol–water partition coefficient (Wildman–Crippen LogP) is 4.42. The van der Waals surface area contributed by atoms with E-state index in [4.69, 9.17) is 0 Å². The van der Waals surface area contributed by atoms with Crippen LogP contribution in [-0.2, 0) is 0 Å². The van der Waals surface area contributed by atoms with Crippen molar-refractivity contribution in [1.29, 1.82) is 0 Å². The summed E-state index contributed by atoms with van der Waals surface area (Å²) in [5.41, 5.74) is 4.51. The Morgan fingerprint density at radius 2 is 1.86 bits per heavy atom. The minimum Gasteiger partial charge on any atom is -0.0900 e. The summed E-state index contributed by atoms with van der Waals surface area (Å²) < 4.78 is 1.02. The normalized spacial score (nSPS) is 14.1. The molecule has 2 rings (SSSR count). The lowest BCUT2D eigenvalue weighted by Crippen LogP contribution is -1.73. The Labute approximate surface area is 96.5 Å². The first-order valence-electron chi connectivity index (χ1n) is 4.33. The molecular weight excluding hydrogens is 256 g/mol. The lowest BCUT2D eigenvalue weighted by Gasteiger charge is -1.98. The maximum atomic E-state index is 3.39. The molecule has 0 heterocycles. The van der Waals surface area contributed by atoms with E-state index in [0.717, 1.165) is 9.39 Å². The number of thioether (sulfide) groups is 1. The molecule has 0 amide bonds. The smallest absolute Gasteiger partial charge is 0.0606 e. The first kappa shape index (κ1) is 9.85. The Hall–Kier alpha value is -0.690. The first-order chi connectivity index (χ1) is 6.74. The van der Waals surface area contributed by atoms with E-state index in [1.54, 1.807) is 11.8 Å². The van der Waals surface area contributed by atoms with E-state index in [2.05, 4.69) is 58.9 Å². The molecule has 0 spiro atoms. The van der Waals surface area contributed by atoms with Gasteiger partial charge in [-0.15, -0.1) is 0 Å². The Kier molecular flexibility index (Phi) is 2.97. The fourth-order valence-corrected chi connectivity index (χ4v) is 2.44. The number of hydrogen-bond acceptors (Lipinski definition) is 1. The van der Waals surface area contributed by atoms with Crippen molar-refractivity contribution >= 4 is 27.7 Å². The highest BCUT2D eigenvalue weighted by Crippen LogP contribution is 2.30. The zero-order valence-corrected chi connectivity index (χ0v) is 10.2. The van der Waals surface area contributed by atoms with E-state index in [9.17, 15) is 0 Å². The zero-order valence-electron chi connectivity index (χ0n) is 7.75. The van der Waals surface area contributed by atoms with Gasteiger partial charge in [0.2, 0.25) is 0 Å². The van der Waals surface area contributed by atoms with Gasteiger partial charge in [0.05, 0.1) is 9.39 Å². The van der Waals surface area contributed by atoms with Crippen molar-refractivity contribution in [1.82, 2.24) is 0 Å². The summed E-state index contributed by atoms with van der Waals surface area (Å²) in [6.45, 7) is 2.10. The van der Waals surface area contributed by atoms with Crippen molar-refractivity contribution < 1.29 is 0 Å². The van der Waals surface area contributed by atoms with Gasteiger partial charge in [0, 0.05) is 4.90 Å². The average molecular weight is 265 g/mol. The van der Waals surface area contributed by atoms with Gasteiger partial charge in [0.15, 0.2) is 0 Å². The number of rotatable bonds is 2. The van der Waals surface area contributed by atoms with Crippen LogP contribution in [0.5, 0.6) is 0 Å². The van der Waals surface area contributed by atoms with Gasteiger partial charge in [-0.3, -0.25) is 0 Å². The molecule has 0 saturated carbocycles. The highest BCUT2D eigenvalue weighted by Gasteiger charge is 2.01. The Morgan fingerprint density at radius 3 is 2.43 bits per heavy atom. The van der Waals surface area contributed by atoms with Crippen LogP contribution in [0.25, 0.3) is 0 Å². The minimum atomic E-state index is 1.02. The topological polar surface area (TPSA) is 0 Å². The van der Waals surface area contributed by atoms with E-state index >= 15 is 0 Å². The number of benzene rings is 1. The third kappa shape index (κ3) is 2.42. The van der Waals surface area contributed by atoms with E-state index < -0.39 is 0 Å². The Morgan fingerprint density at radius 1 is 1.14 bits per heavy atom. The molecule has 0 bridgehead atoms. The van der Waals surface area contributed by atoms with Gasteiger partial charge in [0.1, 0.15) is 0 Å². The second kappa shape index (κ2) is 4.22. The van der Waals surface area contributed by atoms with Crippen molar-refractivity contribution in [2.24, 2.45) is 0 Å². The van der Waals surface area contributed by atoms with Crippen molar-refractivity contribution in [2.75, 3.05) is 0 Å². The molecule has 1 aliphatic rings. The summed E-state index contributed by atoms with van der Waals surface area (Å²) in [5, 5.41) is 0. The van der Waals surface area contributed by atoms with Crippen LogP contribution in [0.1, 0.15) is 5.56 Å².